The van der Waals surface area contributed by atoms with Crippen LogP contribution in [-0.4, -0.2) is 37.9 Å². The first kappa shape index (κ1) is 15.9. The Morgan fingerprint density at radius 3 is 2.82 bits per heavy atom. The molecule has 0 spiro atoms. The summed E-state index contributed by atoms with van der Waals surface area (Å²) in [5.74, 6) is -0.227. The Morgan fingerprint density at radius 2 is 2.23 bits per heavy atom. The lowest BCUT2D eigenvalue weighted by atomic mass is 10.2. The number of hydrogen-bond acceptors (Lipinski definition) is 6. The second kappa shape index (κ2) is 6.98. The molecule has 1 heterocycles. The van der Waals surface area contributed by atoms with Gasteiger partial charge in [0.1, 0.15) is 12.7 Å². The van der Waals surface area contributed by atoms with Gasteiger partial charge in [0.2, 0.25) is 6.10 Å². The van der Waals surface area contributed by atoms with Crippen LogP contribution in [0.3, 0.4) is 0 Å². The fraction of sp³-hybridized carbons (Fsp3) is 0.375. The molecule has 2 atom stereocenters. The van der Waals surface area contributed by atoms with Crippen molar-refractivity contribution >= 4 is 11.9 Å². The number of hydrogen-bond donors (Lipinski definition) is 0. The summed E-state index contributed by atoms with van der Waals surface area (Å²) in [6.07, 6.45) is 0.871. The molecule has 1 aliphatic heterocycles. The molecule has 6 heteroatoms. The Labute approximate surface area is 128 Å². The van der Waals surface area contributed by atoms with Crippen LogP contribution in [0.25, 0.3) is 0 Å². The first-order valence-electron chi connectivity index (χ1n) is 6.88. The number of rotatable bonds is 6. The van der Waals surface area contributed by atoms with Gasteiger partial charge >= 0.3 is 11.9 Å². The fourth-order valence-electron chi connectivity index (χ4n) is 2.08. The third-order valence-electron chi connectivity index (χ3n) is 3.13. The standard InChI is InChI=1S/C16H18O6/c1-4-7-20-12-6-5-11(9-13(12)19-3)15(17)22-14-8-10(2)21-16(14)18/h4-6,9-10,14H,1,7-8H2,2-3H3/t10-,14-/m0/s1. The molecular weight excluding hydrogens is 288 g/mol. The SMILES string of the molecule is C=CCOc1ccc(C(=O)O[C@H]2C[C@H](C)OC2=O)cc1OC. The van der Waals surface area contributed by atoms with Crippen LogP contribution in [0, 0.1) is 0 Å². The van der Waals surface area contributed by atoms with E-state index in [0.717, 1.165) is 0 Å². The minimum Gasteiger partial charge on any atom is -0.493 e. The molecule has 1 aromatic carbocycles. The predicted molar refractivity (Wildman–Crippen MR) is 78.1 cm³/mol. The van der Waals surface area contributed by atoms with Crippen LogP contribution in [0.1, 0.15) is 23.7 Å². The molecule has 1 aromatic rings. The molecular formula is C16H18O6. The van der Waals surface area contributed by atoms with E-state index in [1.54, 1.807) is 25.1 Å². The largest absolute Gasteiger partial charge is 0.493 e. The summed E-state index contributed by atoms with van der Waals surface area (Å²) < 4.78 is 20.7. The van der Waals surface area contributed by atoms with Gasteiger partial charge in [-0.25, -0.2) is 9.59 Å². The third kappa shape index (κ3) is 3.58. The summed E-state index contributed by atoms with van der Waals surface area (Å²) >= 11 is 0. The van der Waals surface area contributed by atoms with Crippen molar-refractivity contribution in [3.05, 3.63) is 36.4 Å². The zero-order chi connectivity index (χ0) is 16.1. The molecule has 0 bridgehead atoms. The number of benzene rings is 1. The Morgan fingerprint density at radius 1 is 1.45 bits per heavy atom. The van der Waals surface area contributed by atoms with Crippen molar-refractivity contribution in [2.75, 3.05) is 13.7 Å². The van der Waals surface area contributed by atoms with Gasteiger partial charge < -0.3 is 18.9 Å². The summed E-state index contributed by atoms with van der Waals surface area (Å²) in [5, 5.41) is 0. The van der Waals surface area contributed by atoms with Gasteiger partial charge in [0.25, 0.3) is 0 Å². The Bertz CT molecular complexity index is 580. The molecule has 0 radical (unpaired) electrons. The Kier molecular flexibility index (Phi) is 5.04. The highest BCUT2D eigenvalue weighted by Crippen LogP contribution is 2.29. The van der Waals surface area contributed by atoms with Gasteiger partial charge in [0.05, 0.1) is 12.7 Å². The van der Waals surface area contributed by atoms with Gasteiger partial charge in [-0.3, -0.25) is 0 Å². The zero-order valence-corrected chi connectivity index (χ0v) is 12.5. The van der Waals surface area contributed by atoms with Crippen molar-refractivity contribution in [1.29, 1.82) is 0 Å². The second-order valence-corrected chi connectivity index (χ2v) is 4.84. The van der Waals surface area contributed by atoms with Crippen LogP contribution in [0.4, 0.5) is 0 Å². The monoisotopic (exact) mass is 306 g/mol. The van der Waals surface area contributed by atoms with Crippen LogP contribution >= 0.6 is 0 Å². The molecule has 0 aromatic heterocycles. The van der Waals surface area contributed by atoms with E-state index in [2.05, 4.69) is 6.58 Å². The molecule has 1 fully saturated rings. The smallest absolute Gasteiger partial charge is 0.347 e. The summed E-state index contributed by atoms with van der Waals surface area (Å²) in [6, 6.07) is 4.66. The van der Waals surface area contributed by atoms with Crippen molar-refractivity contribution in [1.82, 2.24) is 0 Å². The first-order chi connectivity index (χ1) is 10.5. The molecule has 0 saturated carbocycles. The van der Waals surface area contributed by atoms with E-state index in [4.69, 9.17) is 18.9 Å². The van der Waals surface area contributed by atoms with Crippen molar-refractivity contribution in [2.24, 2.45) is 0 Å². The lowest BCUT2D eigenvalue weighted by molar-refractivity contribution is -0.147. The van der Waals surface area contributed by atoms with Crippen LogP contribution in [0.15, 0.2) is 30.9 Å². The molecule has 0 N–H and O–H groups in total. The molecule has 0 amide bonds. The summed E-state index contributed by atoms with van der Waals surface area (Å²) in [7, 11) is 1.47. The summed E-state index contributed by atoms with van der Waals surface area (Å²) in [4.78, 5) is 23.6. The van der Waals surface area contributed by atoms with Crippen LogP contribution < -0.4 is 9.47 Å². The zero-order valence-electron chi connectivity index (χ0n) is 12.5. The number of ether oxygens (including phenoxy) is 4. The van der Waals surface area contributed by atoms with Crippen LogP contribution in [0.5, 0.6) is 11.5 Å². The number of carbonyl (C=O) groups excluding carboxylic acids is 2. The van der Waals surface area contributed by atoms with E-state index in [1.165, 1.54) is 13.2 Å². The number of carbonyl (C=O) groups is 2. The first-order valence-corrected chi connectivity index (χ1v) is 6.88. The molecule has 0 aliphatic carbocycles. The minimum absolute atomic E-state index is 0.241. The van der Waals surface area contributed by atoms with Gasteiger partial charge in [-0.15, -0.1) is 0 Å². The highest BCUT2D eigenvalue weighted by atomic mass is 16.6. The lowest BCUT2D eigenvalue weighted by Gasteiger charge is -2.12. The maximum absolute atomic E-state index is 12.1. The second-order valence-electron chi connectivity index (χ2n) is 4.84. The lowest BCUT2D eigenvalue weighted by Crippen LogP contribution is -2.22. The molecule has 118 valence electrons. The van der Waals surface area contributed by atoms with Crippen molar-refractivity contribution in [3.8, 4) is 11.5 Å². The highest BCUT2D eigenvalue weighted by Gasteiger charge is 2.35. The van der Waals surface area contributed by atoms with Gasteiger partial charge in [-0.1, -0.05) is 12.7 Å². The molecule has 6 nitrogen and oxygen atoms in total. The number of esters is 2. The van der Waals surface area contributed by atoms with Gasteiger partial charge in [0, 0.05) is 6.42 Å². The average molecular weight is 306 g/mol. The quantitative estimate of drug-likeness (QED) is 0.592. The topological polar surface area (TPSA) is 71.1 Å². The van der Waals surface area contributed by atoms with Crippen molar-refractivity contribution < 1.29 is 28.5 Å². The van der Waals surface area contributed by atoms with E-state index in [-0.39, 0.29) is 11.7 Å². The maximum atomic E-state index is 12.1. The maximum Gasteiger partial charge on any atom is 0.347 e. The van der Waals surface area contributed by atoms with Crippen molar-refractivity contribution in [2.45, 2.75) is 25.6 Å². The summed E-state index contributed by atoms with van der Waals surface area (Å²) in [6.45, 7) is 5.64. The molecule has 1 saturated heterocycles. The predicted octanol–water partition coefficient (Wildman–Crippen LogP) is 2.12. The molecule has 22 heavy (non-hydrogen) atoms. The Balaban J connectivity index is 2.09. The highest BCUT2D eigenvalue weighted by molar-refractivity contribution is 5.92. The van der Waals surface area contributed by atoms with E-state index >= 15 is 0 Å². The number of methoxy groups -OCH3 is 1. The fourth-order valence-corrected chi connectivity index (χ4v) is 2.08. The van der Waals surface area contributed by atoms with Crippen LogP contribution in [-0.2, 0) is 14.3 Å². The molecule has 0 unspecified atom stereocenters. The van der Waals surface area contributed by atoms with E-state index in [0.29, 0.717) is 24.5 Å². The van der Waals surface area contributed by atoms with E-state index in [9.17, 15) is 9.59 Å². The molecule has 2 rings (SSSR count). The van der Waals surface area contributed by atoms with Gasteiger partial charge in [-0.2, -0.15) is 0 Å². The average Bonchev–Trinajstić information content (AvgIpc) is 2.82. The normalized spacial score (nSPS) is 20.2. The molecule has 1 aliphatic rings. The van der Waals surface area contributed by atoms with Gasteiger partial charge in [-0.05, 0) is 25.1 Å². The van der Waals surface area contributed by atoms with E-state index in [1.807, 2.05) is 0 Å². The van der Waals surface area contributed by atoms with Crippen molar-refractivity contribution in [3.63, 3.8) is 0 Å². The minimum atomic E-state index is -0.856. The number of cyclic esters (lactones) is 1. The summed E-state index contributed by atoms with van der Waals surface area (Å²) in [5.41, 5.74) is 0.273. The Hall–Kier alpha value is -2.50. The third-order valence-corrected chi connectivity index (χ3v) is 3.13. The van der Waals surface area contributed by atoms with Gasteiger partial charge in [0.15, 0.2) is 11.5 Å². The van der Waals surface area contributed by atoms with E-state index < -0.39 is 18.0 Å². The van der Waals surface area contributed by atoms with Crippen LogP contribution in [0.2, 0.25) is 0 Å².